The van der Waals surface area contributed by atoms with Gasteiger partial charge in [0.2, 0.25) is 0 Å². The van der Waals surface area contributed by atoms with Gasteiger partial charge in [0.1, 0.15) is 5.60 Å². The van der Waals surface area contributed by atoms with E-state index in [0.717, 1.165) is 0 Å². The molecule has 14 heavy (non-hydrogen) atoms. The molecule has 82 valence electrons. The van der Waals surface area contributed by atoms with Crippen molar-refractivity contribution >= 4 is 6.09 Å². The van der Waals surface area contributed by atoms with E-state index >= 15 is 0 Å². The van der Waals surface area contributed by atoms with Crippen LogP contribution in [0.5, 0.6) is 0 Å². The average Bonchev–Trinajstić information content (AvgIpc) is 2.08. The van der Waals surface area contributed by atoms with Gasteiger partial charge in [-0.05, 0) is 46.6 Å². The average molecular weight is 204 g/mol. The van der Waals surface area contributed by atoms with Crippen LogP contribution in [0.25, 0.3) is 0 Å². The molecule has 1 heterocycles. The molecule has 0 unspecified atom stereocenters. The first-order chi connectivity index (χ1) is 7.94. The molecule has 0 aromatic carbocycles. The number of hydrogen-bond acceptors (Lipinski definition) is 3. The van der Waals surface area contributed by atoms with E-state index < -0.39 is 30.5 Å². The lowest BCUT2D eigenvalue weighted by molar-refractivity contribution is 0.0495. The first kappa shape index (κ1) is 6.67. The van der Waals surface area contributed by atoms with E-state index in [0.29, 0.717) is 0 Å². The van der Waals surface area contributed by atoms with Crippen LogP contribution < -0.4 is 10.6 Å². The van der Waals surface area contributed by atoms with E-state index in [4.69, 9.17) is 10.2 Å². The lowest BCUT2D eigenvalue weighted by Gasteiger charge is -2.26. The number of piperidine rings is 1. The van der Waals surface area contributed by atoms with Crippen LogP contribution in [0, 0.1) is 0 Å². The molecule has 1 rings (SSSR count). The zero-order valence-corrected chi connectivity index (χ0v) is 8.81. The summed E-state index contributed by atoms with van der Waals surface area (Å²) in [5.41, 5.74) is -0.698. The fraction of sp³-hybridized carbons (Fsp3) is 0.900. The van der Waals surface area contributed by atoms with Crippen molar-refractivity contribution in [2.45, 2.75) is 45.2 Å². The summed E-state index contributed by atoms with van der Waals surface area (Å²) in [6, 6.07) is -1.24. The molecular weight excluding hydrogens is 180 g/mol. The largest absolute Gasteiger partial charge is 0.444 e. The smallest absolute Gasteiger partial charge is 0.407 e. The second-order valence-corrected chi connectivity index (χ2v) is 4.09. The highest BCUT2D eigenvalue weighted by Crippen LogP contribution is 2.08. The number of ether oxygens (including phenoxy) is 1. The third-order valence-electron chi connectivity index (χ3n) is 1.52. The van der Waals surface area contributed by atoms with Crippen LogP contribution >= 0.6 is 0 Å². The number of amides is 1. The quantitative estimate of drug-likeness (QED) is 0.676. The summed E-state index contributed by atoms with van der Waals surface area (Å²) < 4.78 is 36.1. The van der Waals surface area contributed by atoms with Gasteiger partial charge in [0.15, 0.2) is 0 Å². The van der Waals surface area contributed by atoms with E-state index in [2.05, 4.69) is 10.6 Å². The molecule has 0 aliphatic carbocycles. The van der Waals surface area contributed by atoms with Gasteiger partial charge in [-0.15, -0.1) is 0 Å². The highest BCUT2D eigenvalue weighted by Gasteiger charge is 2.20. The number of carbonyl (C=O) groups is 1. The Bertz CT molecular complexity index is 312. The minimum Gasteiger partial charge on any atom is -0.444 e. The number of hydrogen-bond donors (Lipinski definition) is 2. The first-order valence-electron chi connectivity index (χ1n) is 6.64. The summed E-state index contributed by atoms with van der Waals surface area (Å²) in [5.74, 6) is 0. The topological polar surface area (TPSA) is 50.4 Å². The lowest BCUT2D eigenvalue weighted by Crippen LogP contribution is -2.44. The molecule has 0 saturated carbocycles. The maximum absolute atomic E-state index is 11.6. The normalized spacial score (nSPS) is 30.5. The Kier molecular flexibility index (Phi) is 2.21. The van der Waals surface area contributed by atoms with Crippen LogP contribution in [0.2, 0.25) is 0 Å². The number of carbonyl (C=O) groups excluding carboxylic acids is 1. The van der Waals surface area contributed by atoms with Gasteiger partial charge in [0.05, 0.1) is 0 Å². The molecule has 1 aliphatic rings. The molecule has 0 atom stereocenters. The standard InChI is InChI=1S/C10H20N2O2/c1-10(2,3)14-9(13)12-8-4-6-11-7-5-8/h8,11H,4-7H2,1-3H3,(H,12,13)/i4D2,5D2. The molecule has 4 nitrogen and oxygen atoms in total. The van der Waals surface area contributed by atoms with Crippen molar-refractivity contribution in [1.29, 1.82) is 0 Å². The van der Waals surface area contributed by atoms with Gasteiger partial charge in [-0.2, -0.15) is 0 Å². The van der Waals surface area contributed by atoms with E-state index in [-0.39, 0.29) is 13.1 Å². The van der Waals surface area contributed by atoms with Gasteiger partial charge in [-0.25, -0.2) is 4.79 Å². The molecule has 1 aliphatic heterocycles. The molecule has 1 amide bonds. The van der Waals surface area contributed by atoms with Crippen molar-refractivity contribution < 1.29 is 15.0 Å². The maximum atomic E-state index is 11.6. The van der Waals surface area contributed by atoms with Crippen molar-refractivity contribution in [3.8, 4) is 0 Å². The summed E-state index contributed by atoms with van der Waals surface area (Å²) in [7, 11) is 0. The number of rotatable bonds is 1. The molecule has 2 N–H and O–H groups in total. The summed E-state index contributed by atoms with van der Waals surface area (Å²) in [6.07, 6.45) is -4.53. The Morgan fingerprint density at radius 3 is 2.57 bits per heavy atom. The Hall–Kier alpha value is -0.770. The Labute approximate surface area is 91.0 Å². The van der Waals surface area contributed by atoms with Crippen LogP contribution in [0.1, 0.15) is 39.0 Å². The second kappa shape index (κ2) is 4.64. The Morgan fingerprint density at radius 2 is 2.07 bits per heavy atom. The Morgan fingerprint density at radius 1 is 1.50 bits per heavy atom. The summed E-state index contributed by atoms with van der Waals surface area (Å²) in [5, 5.41) is 4.98. The third-order valence-corrected chi connectivity index (χ3v) is 1.52. The van der Waals surface area contributed by atoms with Gasteiger partial charge < -0.3 is 15.4 Å². The van der Waals surface area contributed by atoms with Crippen LogP contribution in [-0.2, 0) is 4.74 Å². The predicted molar refractivity (Wildman–Crippen MR) is 55.3 cm³/mol. The van der Waals surface area contributed by atoms with Gasteiger partial charge >= 0.3 is 6.09 Å². The second-order valence-electron chi connectivity index (χ2n) is 4.09. The summed E-state index contributed by atoms with van der Waals surface area (Å²) in [4.78, 5) is 11.6. The fourth-order valence-corrected chi connectivity index (χ4v) is 1.01. The van der Waals surface area contributed by atoms with Gasteiger partial charge in [-0.3, -0.25) is 0 Å². The van der Waals surface area contributed by atoms with Crippen molar-refractivity contribution in [2.24, 2.45) is 0 Å². The molecule has 0 aromatic heterocycles. The minimum absolute atomic E-state index is 0.00697. The molecule has 0 spiro atoms. The minimum atomic E-state index is -1.86. The van der Waals surface area contributed by atoms with E-state index in [1.807, 2.05) is 0 Å². The number of alkyl carbamates (subject to hydrolysis) is 1. The van der Waals surface area contributed by atoms with Gasteiger partial charge in [-0.1, -0.05) is 0 Å². The predicted octanol–water partition coefficient (Wildman–Crippen LogP) is 1.26. The molecule has 4 heteroatoms. The Balaban J connectivity index is 2.76. The molecule has 0 radical (unpaired) electrons. The lowest BCUT2D eigenvalue weighted by atomic mass is 10.1. The van der Waals surface area contributed by atoms with Gasteiger partial charge in [0.25, 0.3) is 0 Å². The van der Waals surface area contributed by atoms with Crippen LogP contribution in [0.15, 0.2) is 0 Å². The molecule has 1 saturated heterocycles. The van der Waals surface area contributed by atoms with Crippen molar-refractivity contribution in [2.75, 3.05) is 13.1 Å². The third kappa shape index (κ3) is 4.46. The maximum Gasteiger partial charge on any atom is 0.407 e. The van der Waals surface area contributed by atoms with Crippen molar-refractivity contribution in [3.63, 3.8) is 0 Å². The van der Waals surface area contributed by atoms with Crippen LogP contribution in [-0.4, -0.2) is 30.8 Å². The highest BCUT2D eigenvalue weighted by molar-refractivity contribution is 5.68. The van der Waals surface area contributed by atoms with Gasteiger partial charge in [0, 0.05) is 11.5 Å². The summed E-state index contributed by atoms with van der Waals surface area (Å²) >= 11 is 0. The zero-order valence-electron chi connectivity index (χ0n) is 12.8. The van der Waals surface area contributed by atoms with Crippen molar-refractivity contribution in [1.82, 2.24) is 10.6 Å². The van der Waals surface area contributed by atoms with Crippen LogP contribution in [0.4, 0.5) is 4.79 Å². The van der Waals surface area contributed by atoms with Crippen molar-refractivity contribution in [3.05, 3.63) is 0 Å². The zero-order chi connectivity index (χ0) is 14.2. The SMILES string of the molecule is [2H]C1([2H])CNCC([2H])([2H])C1NC(=O)OC(C)(C)C. The highest BCUT2D eigenvalue weighted by atomic mass is 16.6. The van der Waals surface area contributed by atoms with E-state index in [1.54, 1.807) is 20.8 Å². The van der Waals surface area contributed by atoms with E-state index in [1.165, 1.54) is 0 Å². The molecule has 1 fully saturated rings. The fourth-order valence-electron chi connectivity index (χ4n) is 1.01. The van der Waals surface area contributed by atoms with E-state index in [9.17, 15) is 4.79 Å². The molecule has 0 aromatic rings. The summed E-state index contributed by atoms with van der Waals surface area (Å²) in [6.45, 7) is 5.06. The molecule has 0 bridgehead atoms. The molecular formula is C10H20N2O2. The number of nitrogens with one attached hydrogen (secondary N) is 2. The monoisotopic (exact) mass is 204 g/mol. The first-order valence-corrected chi connectivity index (χ1v) is 4.64. The van der Waals surface area contributed by atoms with Crippen LogP contribution in [0.3, 0.4) is 0 Å².